The number of hydrogen-bond acceptors (Lipinski definition) is 8. The number of aliphatic hydroxyl groups excluding tert-OH is 2. The summed E-state index contributed by atoms with van der Waals surface area (Å²) in [6.45, 7) is 3.96. The maximum atomic E-state index is 12.9. The summed E-state index contributed by atoms with van der Waals surface area (Å²) in [5, 5.41) is 51.7. The average molecular weight is 471 g/mol. The highest BCUT2D eigenvalue weighted by atomic mass is 16.5. The summed E-state index contributed by atoms with van der Waals surface area (Å²) in [5.74, 6) is -0.634. The van der Waals surface area contributed by atoms with E-state index < -0.39 is 23.2 Å². The fraction of sp³-hybridized carbons (Fsp3) is 0.423. The first-order chi connectivity index (χ1) is 16.1. The Hall–Kier alpha value is -3.23. The van der Waals surface area contributed by atoms with Crippen LogP contribution in [0.2, 0.25) is 0 Å². The van der Waals surface area contributed by atoms with Crippen molar-refractivity contribution >= 4 is 11.0 Å². The van der Waals surface area contributed by atoms with Gasteiger partial charge in [0.2, 0.25) is 0 Å². The van der Waals surface area contributed by atoms with Crippen molar-refractivity contribution < 1.29 is 34.7 Å². The molecular formula is C26H30O8. The lowest BCUT2D eigenvalue weighted by Crippen LogP contribution is -2.49. The molecule has 2 heterocycles. The topological polar surface area (TPSA) is 141 Å². The summed E-state index contributed by atoms with van der Waals surface area (Å²) in [4.78, 5) is 12.9. The first-order valence-electron chi connectivity index (χ1n) is 11.5. The highest BCUT2D eigenvalue weighted by Crippen LogP contribution is 2.44. The van der Waals surface area contributed by atoms with Gasteiger partial charge in [0, 0.05) is 30.2 Å². The molecular weight excluding hydrogens is 440 g/mol. The molecule has 0 fully saturated rings. The zero-order valence-electron chi connectivity index (χ0n) is 19.2. The zero-order valence-corrected chi connectivity index (χ0v) is 19.2. The van der Waals surface area contributed by atoms with Crippen LogP contribution in [0.25, 0.3) is 11.0 Å². The molecule has 1 aromatic heterocycles. The summed E-state index contributed by atoms with van der Waals surface area (Å²) < 4.78 is 11.9. The highest BCUT2D eigenvalue weighted by Gasteiger charge is 2.41. The average Bonchev–Trinajstić information content (AvgIpc) is 2.77. The fourth-order valence-corrected chi connectivity index (χ4v) is 4.55. The SMILES string of the molecule is CCCCCC[C@]1(C)Oc2cc3oc([C@H](O)c4cc(O)cc(O)c4)cc(=O)c3c(O)c2C[C@H]1O. The molecule has 0 saturated carbocycles. The van der Waals surface area contributed by atoms with Crippen molar-refractivity contribution in [2.24, 2.45) is 0 Å². The Balaban J connectivity index is 1.73. The van der Waals surface area contributed by atoms with Gasteiger partial charge in [-0.05, 0) is 37.5 Å². The molecule has 0 aliphatic carbocycles. The lowest BCUT2D eigenvalue weighted by atomic mass is 9.84. The molecule has 8 heteroatoms. The molecule has 0 saturated heterocycles. The van der Waals surface area contributed by atoms with Crippen molar-refractivity contribution in [2.75, 3.05) is 0 Å². The van der Waals surface area contributed by atoms with Crippen molar-refractivity contribution in [1.29, 1.82) is 0 Å². The molecule has 34 heavy (non-hydrogen) atoms. The number of aromatic hydroxyl groups is 3. The molecule has 5 N–H and O–H groups in total. The van der Waals surface area contributed by atoms with E-state index in [1.807, 2.05) is 6.92 Å². The Morgan fingerprint density at radius 3 is 2.44 bits per heavy atom. The van der Waals surface area contributed by atoms with Crippen molar-refractivity contribution in [2.45, 2.75) is 70.2 Å². The van der Waals surface area contributed by atoms with E-state index in [9.17, 15) is 30.3 Å². The van der Waals surface area contributed by atoms with Crippen molar-refractivity contribution in [1.82, 2.24) is 0 Å². The summed E-state index contributed by atoms with van der Waals surface area (Å²) in [6, 6.07) is 6.15. The van der Waals surface area contributed by atoms with E-state index in [4.69, 9.17) is 9.15 Å². The van der Waals surface area contributed by atoms with Crippen LogP contribution in [0.1, 0.15) is 68.9 Å². The van der Waals surface area contributed by atoms with E-state index in [0.29, 0.717) is 17.7 Å². The molecule has 0 bridgehead atoms. The Kier molecular flexibility index (Phi) is 6.47. The van der Waals surface area contributed by atoms with Crippen LogP contribution in [-0.4, -0.2) is 37.2 Å². The molecule has 182 valence electrons. The summed E-state index contributed by atoms with van der Waals surface area (Å²) in [7, 11) is 0. The van der Waals surface area contributed by atoms with Crippen molar-refractivity contribution in [3.8, 4) is 23.0 Å². The largest absolute Gasteiger partial charge is 0.508 e. The Morgan fingerprint density at radius 1 is 1.06 bits per heavy atom. The second kappa shape index (κ2) is 9.19. The minimum absolute atomic E-state index is 0.0203. The smallest absolute Gasteiger partial charge is 0.196 e. The second-order valence-electron chi connectivity index (χ2n) is 9.22. The molecule has 4 rings (SSSR count). The molecule has 0 radical (unpaired) electrons. The molecule has 0 spiro atoms. The Morgan fingerprint density at radius 2 is 1.76 bits per heavy atom. The predicted octanol–water partition coefficient (Wildman–Crippen LogP) is 4.02. The lowest BCUT2D eigenvalue weighted by molar-refractivity contribution is -0.0610. The van der Waals surface area contributed by atoms with Gasteiger partial charge in [0.05, 0.1) is 6.10 Å². The zero-order chi connectivity index (χ0) is 24.6. The molecule has 0 amide bonds. The van der Waals surface area contributed by atoms with Crippen LogP contribution in [-0.2, 0) is 6.42 Å². The van der Waals surface area contributed by atoms with Gasteiger partial charge in [0.15, 0.2) is 5.43 Å². The number of rotatable bonds is 7. The van der Waals surface area contributed by atoms with E-state index in [0.717, 1.165) is 37.8 Å². The number of fused-ring (bicyclic) bond motifs is 2. The van der Waals surface area contributed by atoms with E-state index >= 15 is 0 Å². The monoisotopic (exact) mass is 470 g/mol. The van der Waals surface area contributed by atoms with Gasteiger partial charge in [-0.2, -0.15) is 0 Å². The number of aliphatic hydroxyl groups is 2. The van der Waals surface area contributed by atoms with Crippen LogP contribution in [0, 0.1) is 0 Å². The van der Waals surface area contributed by atoms with E-state index in [2.05, 4.69) is 6.92 Å². The van der Waals surface area contributed by atoms with Gasteiger partial charge in [-0.15, -0.1) is 0 Å². The van der Waals surface area contributed by atoms with Gasteiger partial charge in [-0.3, -0.25) is 4.79 Å². The van der Waals surface area contributed by atoms with Crippen molar-refractivity contribution in [3.05, 3.63) is 57.4 Å². The van der Waals surface area contributed by atoms with Crippen LogP contribution in [0.5, 0.6) is 23.0 Å². The van der Waals surface area contributed by atoms with Crippen LogP contribution in [0.4, 0.5) is 0 Å². The molecule has 1 aliphatic rings. The van der Waals surface area contributed by atoms with Crippen LogP contribution < -0.4 is 10.2 Å². The van der Waals surface area contributed by atoms with E-state index in [1.165, 1.54) is 18.2 Å². The minimum Gasteiger partial charge on any atom is -0.508 e. The number of unbranched alkanes of at least 4 members (excludes halogenated alkanes) is 3. The Labute approximate surface area is 196 Å². The number of benzene rings is 2. The van der Waals surface area contributed by atoms with Crippen LogP contribution >= 0.6 is 0 Å². The minimum atomic E-state index is -1.44. The van der Waals surface area contributed by atoms with Crippen molar-refractivity contribution in [3.63, 3.8) is 0 Å². The third-order valence-corrected chi connectivity index (χ3v) is 6.56. The summed E-state index contributed by atoms with van der Waals surface area (Å²) in [6.07, 6.45) is 2.58. The molecule has 8 nitrogen and oxygen atoms in total. The quantitative estimate of drug-likeness (QED) is 0.326. The van der Waals surface area contributed by atoms with Gasteiger partial charge in [-0.1, -0.05) is 26.2 Å². The standard InChI is InChI=1S/C26H30O8/c1-3-4-5-6-7-26(2)22(30)11-17-19(34-26)13-20-23(25(17)32)18(29)12-21(33-20)24(31)14-8-15(27)10-16(28)9-14/h8-10,12-13,22,24,27-28,30-32H,3-7,11H2,1-2H3/t22-,24-,26+/m1/s1. The number of hydrogen-bond donors (Lipinski definition) is 5. The van der Waals surface area contributed by atoms with Gasteiger partial charge in [0.1, 0.15) is 51.4 Å². The van der Waals surface area contributed by atoms with E-state index in [1.54, 1.807) is 0 Å². The maximum Gasteiger partial charge on any atom is 0.196 e. The van der Waals surface area contributed by atoms with Gasteiger partial charge < -0.3 is 34.7 Å². The van der Waals surface area contributed by atoms with Gasteiger partial charge in [-0.25, -0.2) is 0 Å². The normalized spacial score (nSPS) is 20.6. The number of ether oxygens (including phenoxy) is 1. The first-order valence-corrected chi connectivity index (χ1v) is 11.5. The Bertz CT molecular complexity index is 1240. The molecule has 3 atom stereocenters. The molecule has 2 aromatic carbocycles. The second-order valence-corrected chi connectivity index (χ2v) is 9.22. The van der Waals surface area contributed by atoms with Crippen LogP contribution in [0.3, 0.4) is 0 Å². The highest BCUT2D eigenvalue weighted by molar-refractivity contribution is 5.87. The maximum absolute atomic E-state index is 12.9. The fourth-order valence-electron chi connectivity index (χ4n) is 4.55. The molecule has 0 unspecified atom stereocenters. The van der Waals surface area contributed by atoms with E-state index in [-0.39, 0.29) is 46.0 Å². The number of phenols is 3. The number of phenolic OH excluding ortho intramolecular Hbond substituents is 3. The van der Waals surface area contributed by atoms with Gasteiger partial charge in [0.25, 0.3) is 0 Å². The first kappa shape index (κ1) is 23.9. The summed E-state index contributed by atoms with van der Waals surface area (Å²) >= 11 is 0. The third kappa shape index (κ3) is 4.43. The molecule has 3 aromatic rings. The predicted molar refractivity (Wildman–Crippen MR) is 125 cm³/mol. The van der Waals surface area contributed by atoms with Crippen LogP contribution in [0.15, 0.2) is 39.5 Å². The van der Waals surface area contributed by atoms with Gasteiger partial charge >= 0.3 is 0 Å². The molecule has 1 aliphatic heterocycles. The summed E-state index contributed by atoms with van der Waals surface area (Å²) in [5.41, 5.74) is -0.947. The lowest BCUT2D eigenvalue weighted by Gasteiger charge is -2.40. The third-order valence-electron chi connectivity index (χ3n) is 6.56.